The fraction of sp³-hybridized carbons (Fsp3) is 0.0851. The highest BCUT2D eigenvalue weighted by Gasteiger charge is 2.41. The smallest absolute Gasteiger partial charge is 0.321 e. The molecule has 51 heavy (non-hydrogen) atoms. The van der Waals surface area contributed by atoms with Crippen molar-refractivity contribution in [2.24, 2.45) is 0 Å². The fourth-order valence-electron chi connectivity index (χ4n) is 7.08. The van der Waals surface area contributed by atoms with E-state index in [0.29, 0.717) is 5.75 Å². The lowest BCUT2D eigenvalue weighted by atomic mass is 9.76. The molecule has 4 nitrogen and oxygen atoms in total. The van der Waals surface area contributed by atoms with Crippen LogP contribution in [0.15, 0.2) is 206 Å². The molecule has 7 aromatic carbocycles. The highest BCUT2D eigenvalue weighted by Crippen LogP contribution is 2.42. The molecule has 0 amide bonds. The maximum absolute atomic E-state index is 13.1. The number of ether oxygens (including phenoxy) is 1. The van der Waals surface area contributed by atoms with Crippen LogP contribution in [-0.4, -0.2) is 17.1 Å². The predicted octanol–water partition coefficient (Wildman–Crippen LogP) is 9.63. The Morgan fingerprint density at radius 2 is 0.784 bits per heavy atom. The highest BCUT2D eigenvalue weighted by molar-refractivity contribution is 5.74. The summed E-state index contributed by atoms with van der Waals surface area (Å²) >= 11 is 0. The number of rotatable bonds is 13. The van der Waals surface area contributed by atoms with E-state index in [1.54, 1.807) is 0 Å². The molecule has 0 aliphatic carbocycles. The predicted molar refractivity (Wildman–Crippen MR) is 204 cm³/mol. The van der Waals surface area contributed by atoms with Crippen LogP contribution in [0.4, 0.5) is 0 Å². The topological polar surface area (TPSA) is 58.6 Å². The maximum Gasteiger partial charge on any atom is 0.321 e. The third kappa shape index (κ3) is 6.83. The summed E-state index contributed by atoms with van der Waals surface area (Å²) in [5.41, 5.74) is 4.90. The zero-order chi connectivity index (χ0) is 34.9. The van der Waals surface area contributed by atoms with E-state index in [0.717, 1.165) is 38.9 Å². The number of aliphatic carboxylic acids is 1. The summed E-state index contributed by atoms with van der Waals surface area (Å²) in [5, 5.41) is 14.4. The summed E-state index contributed by atoms with van der Waals surface area (Å²) in [5.74, 6) is -0.263. The molecule has 7 rings (SSSR count). The van der Waals surface area contributed by atoms with Gasteiger partial charge in [-0.15, -0.1) is 0 Å². The zero-order valence-electron chi connectivity index (χ0n) is 28.2. The van der Waals surface area contributed by atoms with E-state index >= 15 is 0 Å². The van der Waals surface area contributed by atoms with Crippen molar-refractivity contribution in [3.63, 3.8) is 0 Å². The van der Waals surface area contributed by atoms with Crippen molar-refractivity contribution in [2.45, 2.75) is 23.6 Å². The average Bonchev–Trinajstić information content (AvgIpc) is 3.21. The van der Waals surface area contributed by atoms with E-state index in [1.165, 1.54) is 0 Å². The minimum absolute atomic E-state index is 0.255. The molecule has 0 aliphatic heterocycles. The standard InChI is InChI=1S/C47H39NO3/c49-45(50)44(48-46(37-19-7-1-8-20-37,38-21-9-2-10-22-38)39-23-11-3-12-24-39)35-36-31-33-43(34-32-36)51-47(40-25-13-4-14-26-40,41-27-15-5-16-28-41)42-29-17-6-18-30-42/h1-34,44,48H,35H2,(H,49,50)/t44-/m0/s1. The lowest BCUT2D eigenvalue weighted by Crippen LogP contribution is -2.53. The average molecular weight is 666 g/mol. The molecule has 0 radical (unpaired) electrons. The lowest BCUT2D eigenvalue weighted by Gasteiger charge is -2.39. The van der Waals surface area contributed by atoms with Gasteiger partial charge in [-0.2, -0.15) is 0 Å². The van der Waals surface area contributed by atoms with Crippen molar-refractivity contribution in [3.05, 3.63) is 245 Å². The van der Waals surface area contributed by atoms with Crippen LogP contribution >= 0.6 is 0 Å². The fourth-order valence-corrected chi connectivity index (χ4v) is 7.08. The van der Waals surface area contributed by atoms with Crippen LogP contribution in [0, 0.1) is 0 Å². The molecule has 0 bridgehead atoms. The molecular weight excluding hydrogens is 627 g/mol. The summed E-state index contributed by atoms with van der Waals surface area (Å²) in [7, 11) is 0. The van der Waals surface area contributed by atoms with E-state index in [2.05, 4.69) is 78.1 Å². The van der Waals surface area contributed by atoms with Crippen molar-refractivity contribution in [1.29, 1.82) is 0 Å². The van der Waals surface area contributed by atoms with Gasteiger partial charge < -0.3 is 9.84 Å². The lowest BCUT2D eigenvalue weighted by molar-refractivity contribution is -0.139. The van der Waals surface area contributed by atoms with E-state index in [-0.39, 0.29) is 6.42 Å². The Balaban J connectivity index is 1.25. The van der Waals surface area contributed by atoms with Gasteiger partial charge in [0.25, 0.3) is 0 Å². The van der Waals surface area contributed by atoms with Gasteiger partial charge in [0.15, 0.2) is 5.60 Å². The van der Waals surface area contributed by atoms with Crippen molar-refractivity contribution < 1.29 is 14.6 Å². The molecule has 0 aromatic heterocycles. The Morgan fingerprint density at radius 1 is 0.471 bits per heavy atom. The number of carbonyl (C=O) groups is 1. The number of carboxylic acids is 1. The number of hydrogen-bond acceptors (Lipinski definition) is 3. The minimum Gasteiger partial charge on any atom is -0.480 e. The summed E-state index contributed by atoms with van der Waals surface area (Å²) in [6.45, 7) is 0. The summed E-state index contributed by atoms with van der Waals surface area (Å²) in [4.78, 5) is 13.1. The van der Waals surface area contributed by atoms with Crippen LogP contribution < -0.4 is 10.1 Å². The van der Waals surface area contributed by atoms with Crippen molar-refractivity contribution in [1.82, 2.24) is 5.32 Å². The van der Waals surface area contributed by atoms with Gasteiger partial charge >= 0.3 is 5.97 Å². The van der Waals surface area contributed by atoms with Crippen LogP contribution in [0.5, 0.6) is 5.75 Å². The van der Waals surface area contributed by atoms with E-state index < -0.39 is 23.2 Å². The Kier molecular flexibility index (Phi) is 9.87. The van der Waals surface area contributed by atoms with E-state index in [4.69, 9.17) is 4.74 Å². The number of nitrogens with one attached hydrogen (secondary N) is 1. The van der Waals surface area contributed by atoms with E-state index in [1.807, 2.05) is 133 Å². The van der Waals surface area contributed by atoms with Crippen molar-refractivity contribution >= 4 is 5.97 Å². The Morgan fingerprint density at radius 3 is 1.10 bits per heavy atom. The highest BCUT2D eigenvalue weighted by atomic mass is 16.5. The van der Waals surface area contributed by atoms with Gasteiger partial charge in [0.1, 0.15) is 11.8 Å². The third-order valence-electron chi connectivity index (χ3n) is 9.48. The largest absolute Gasteiger partial charge is 0.480 e. The minimum atomic E-state index is -0.932. The normalized spacial score (nSPS) is 12.2. The molecule has 0 saturated carbocycles. The second kappa shape index (κ2) is 15.1. The summed E-state index contributed by atoms with van der Waals surface area (Å²) < 4.78 is 7.09. The Hall–Kier alpha value is -6.23. The van der Waals surface area contributed by atoms with Gasteiger partial charge in [-0.3, -0.25) is 10.1 Å². The number of hydrogen-bond donors (Lipinski definition) is 2. The first-order valence-electron chi connectivity index (χ1n) is 17.2. The summed E-state index contributed by atoms with van der Waals surface area (Å²) in [6.07, 6.45) is 0.255. The maximum atomic E-state index is 13.1. The molecule has 0 heterocycles. The molecule has 7 aromatic rings. The van der Waals surface area contributed by atoms with E-state index in [9.17, 15) is 9.90 Å². The van der Waals surface area contributed by atoms with Gasteiger partial charge in [0.2, 0.25) is 0 Å². The molecule has 250 valence electrons. The molecule has 0 saturated heterocycles. The van der Waals surface area contributed by atoms with Crippen LogP contribution in [-0.2, 0) is 22.4 Å². The number of benzene rings is 7. The monoisotopic (exact) mass is 665 g/mol. The quantitative estimate of drug-likeness (QED) is 0.121. The third-order valence-corrected chi connectivity index (χ3v) is 9.48. The molecule has 0 spiro atoms. The Bertz CT molecular complexity index is 1930. The van der Waals surface area contributed by atoms with Crippen LogP contribution in [0.3, 0.4) is 0 Å². The van der Waals surface area contributed by atoms with Gasteiger partial charge in [0.05, 0.1) is 5.54 Å². The second-order valence-corrected chi connectivity index (χ2v) is 12.6. The number of carboxylic acid groups (broad SMARTS) is 1. The molecule has 4 heteroatoms. The first kappa shape index (κ1) is 33.3. The molecular formula is C47H39NO3. The SMILES string of the molecule is O=C(O)[C@H](Cc1ccc(OC(c2ccccc2)(c2ccccc2)c2ccccc2)cc1)NC(c1ccccc1)(c1ccccc1)c1ccccc1. The van der Waals surface area contributed by atoms with Gasteiger partial charge in [-0.05, 0) is 40.8 Å². The molecule has 2 N–H and O–H groups in total. The molecule has 0 fully saturated rings. The van der Waals surface area contributed by atoms with Crippen LogP contribution in [0.25, 0.3) is 0 Å². The van der Waals surface area contributed by atoms with Gasteiger partial charge in [-0.25, -0.2) is 0 Å². The first-order chi connectivity index (χ1) is 25.1. The second-order valence-electron chi connectivity index (χ2n) is 12.6. The van der Waals surface area contributed by atoms with Gasteiger partial charge in [-0.1, -0.05) is 194 Å². The first-order valence-corrected chi connectivity index (χ1v) is 17.2. The van der Waals surface area contributed by atoms with Gasteiger partial charge in [0, 0.05) is 16.7 Å². The van der Waals surface area contributed by atoms with Crippen LogP contribution in [0.1, 0.15) is 38.9 Å². The molecule has 0 aliphatic rings. The zero-order valence-corrected chi connectivity index (χ0v) is 28.2. The van der Waals surface area contributed by atoms with Crippen molar-refractivity contribution in [3.8, 4) is 5.75 Å². The Labute approximate surface area is 299 Å². The van der Waals surface area contributed by atoms with Crippen LogP contribution in [0.2, 0.25) is 0 Å². The molecule has 0 unspecified atom stereocenters. The summed E-state index contributed by atoms with van der Waals surface area (Å²) in [6, 6.07) is 67.9. The van der Waals surface area contributed by atoms with Crippen molar-refractivity contribution in [2.75, 3.05) is 0 Å². The molecule has 1 atom stereocenters.